The van der Waals surface area contributed by atoms with Gasteiger partial charge in [0.05, 0.1) is 6.10 Å². The van der Waals surface area contributed by atoms with Crippen LogP contribution in [0, 0.1) is 13.8 Å². The highest BCUT2D eigenvalue weighted by Gasteiger charge is 2.08. The minimum absolute atomic E-state index is 0.116. The van der Waals surface area contributed by atoms with Crippen LogP contribution >= 0.6 is 0 Å². The normalized spacial score (nSPS) is 12.5. The molecule has 0 spiro atoms. The van der Waals surface area contributed by atoms with Crippen LogP contribution in [0.2, 0.25) is 0 Å². The Hall–Kier alpha value is -1.06. The van der Waals surface area contributed by atoms with Gasteiger partial charge in [-0.2, -0.15) is 0 Å². The molecule has 3 heteroatoms. The lowest BCUT2D eigenvalue weighted by atomic mass is 10.1. The zero-order valence-electron chi connectivity index (χ0n) is 12.2. The summed E-state index contributed by atoms with van der Waals surface area (Å²) in [7, 11) is 1.70. The van der Waals surface area contributed by atoms with Crippen LogP contribution in [0.15, 0.2) is 12.1 Å². The maximum atomic E-state index is 5.83. The van der Waals surface area contributed by atoms with Gasteiger partial charge in [-0.3, -0.25) is 0 Å². The molecule has 0 aliphatic rings. The molecule has 0 aromatic heterocycles. The third-order valence-electron chi connectivity index (χ3n) is 2.96. The highest BCUT2D eigenvalue weighted by Crippen LogP contribution is 2.25. The van der Waals surface area contributed by atoms with Crippen molar-refractivity contribution in [3.05, 3.63) is 28.8 Å². The van der Waals surface area contributed by atoms with Crippen molar-refractivity contribution in [2.75, 3.05) is 20.3 Å². The SMILES string of the molecule is CCNCc1cc(C)c(OCC(C)OC)c(C)c1. The van der Waals surface area contributed by atoms with Crippen LogP contribution in [0.5, 0.6) is 5.75 Å². The highest BCUT2D eigenvalue weighted by molar-refractivity contribution is 5.43. The minimum Gasteiger partial charge on any atom is -0.490 e. The standard InChI is InChI=1S/C15H25NO2/c1-6-16-9-14-7-11(2)15(12(3)8-14)18-10-13(4)17-5/h7-8,13,16H,6,9-10H2,1-5H3. The van der Waals surface area contributed by atoms with E-state index in [0.29, 0.717) is 6.61 Å². The van der Waals surface area contributed by atoms with Crippen molar-refractivity contribution in [3.8, 4) is 5.75 Å². The molecule has 1 atom stereocenters. The van der Waals surface area contributed by atoms with Crippen LogP contribution in [0.25, 0.3) is 0 Å². The molecular weight excluding hydrogens is 226 g/mol. The third-order valence-corrected chi connectivity index (χ3v) is 2.96. The molecular formula is C15H25NO2. The second-order valence-electron chi connectivity index (χ2n) is 4.70. The number of ether oxygens (including phenoxy) is 2. The summed E-state index contributed by atoms with van der Waals surface area (Å²) in [6, 6.07) is 4.37. The fourth-order valence-electron chi connectivity index (χ4n) is 1.91. The van der Waals surface area contributed by atoms with Gasteiger partial charge in [0.25, 0.3) is 0 Å². The van der Waals surface area contributed by atoms with Crippen molar-refractivity contribution in [2.45, 2.75) is 40.3 Å². The smallest absolute Gasteiger partial charge is 0.125 e. The van der Waals surface area contributed by atoms with Gasteiger partial charge in [-0.1, -0.05) is 19.1 Å². The molecule has 0 bridgehead atoms. The molecule has 0 amide bonds. The lowest BCUT2D eigenvalue weighted by molar-refractivity contribution is 0.0711. The highest BCUT2D eigenvalue weighted by atomic mass is 16.5. The van der Waals surface area contributed by atoms with Crippen LogP contribution in [0.1, 0.15) is 30.5 Å². The molecule has 0 aliphatic carbocycles. The third kappa shape index (κ3) is 4.31. The van der Waals surface area contributed by atoms with Crippen LogP contribution in [-0.4, -0.2) is 26.4 Å². The van der Waals surface area contributed by atoms with Gasteiger partial charge in [0.15, 0.2) is 0 Å². The monoisotopic (exact) mass is 251 g/mol. The van der Waals surface area contributed by atoms with E-state index in [-0.39, 0.29) is 6.10 Å². The summed E-state index contributed by atoms with van der Waals surface area (Å²) in [4.78, 5) is 0. The van der Waals surface area contributed by atoms with Crippen LogP contribution in [0.3, 0.4) is 0 Å². The predicted molar refractivity (Wildman–Crippen MR) is 75.3 cm³/mol. The zero-order valence-corrected chi connectivity index (χ0v) is 12.2. The van der Waals surface area contributed by atoms with Gasteiger partial charge in [-0.15, -0.1) is 0 Å². The summed E-state index contributed by atoms with van der Waals surface area (Å²) in [5.74, 6) is 0.985. The van der Waals surface area contributed by atoms with E-state index in [4.69, 9.17) is 9.47 Å². The molecule has 0 heterocycles. The van der Waals surface area contributed by atoms with Crippen LogP contribution in [-0.2, 0) is 11.3 Å². The number of benzene rings is 1. The second-order valence-corrected chi connectivity index (χ2v) is 4.70. The number of rotatable bonds is 7. The van der Waals surface area contributed by atoms with Gasteiger partial charge < -0.3 is 14.8 Å². The van der Waals surface area contributed by atoms with Gasteiger partial charge >= 0.3 is 0 Å². The first-order valence-corrected chi connectivity index (χ1v) is 6.54. The van der Waals surface area contributed by atoms with E-state index in [0.717, 1.165) is 18.8 Å². The van der Waals surface area contributed by atoms with Crippen LogP contribution < -0.4 is 10.1 Å². The van der Waals surface area contributed by atoms with Gasteiger partial charge in [0.1, 0.15) is 12.4 Å². The number of aryl methyl sites for hydroxylation is 2. The summed E-state index contributed by atoms with van der Waals surface area (Å²) in [5, 5.41) is 3.34. The summed E-state index contributed by atoms with van der Waals surface area (Å²) >= 11 is 0. The number of hydrogen-bond donors (Lipinski definition) is 1. The Morgan fingerprint density at radius 3 is 2.33 bits per heavy atom. The summed E-state index contributed by atoms with van der Waals surface area (Å²) in [5.41, 5.74) is 3.68. The predicted octanol–water partition coefficient (Wildman–Crippen LogP) is 2.83. The average Bonchev–Trinajstić information content (AvgIpc) is 2.34. The maximum Gasteiger partial charge on any atom is 0.125 e. The Morgan fingerprint density at radius 1 is 1.22 bits per heavy atom. The summed E-state index contributed by atoms with van der Waals surface area (Å²) in [6.07, 6.45) is 0.116. The lowest BCUT2D eigenvalue weighted by Crippen LogP contribution is -2.17. The Labute approximate surface area is 110 Å². The van der Waals surface area contributed by atoms with Crippen molar-refractivity contribution in [2.24, 2.45) is 0 Å². The van der Waals surface area contributed by atoms with E-state index in [1.54, 1.807) is 7.11 Å². The molecule has 1 aromatic rings. The van der Waals surface area contributed by atoms with Crippen molar-refractivity contribution < 1.29 is 9.47 Å². The number of nitrogens with one attached hydrogen (secondary N) is 1. The fourth-order valence-corrected chi connectivity index (χ4v) is 1.91. The van der Waals surface area contributed by atoms with Crippen molar-refractivity contribution in [1.82, 2.24) is 5.32 Å². The van der Waals surface area contributed by atoms with E-state index in [1.165, 1.54) is 16.7 Å². The van der Waals surface area contributed by atoms with E-state index in [9.17, 15) is 0 Å². The molecule has 0 fully saturated rings. The molecule has 1 aromatic carbocycles. The second kappa shape index (κ2) is 7.39. The molecule has 18 heavy (non-hydrogen) atoms. The molecule has 0 radical (unpaired) electrons. The Morgan fingerprint density at radius 2 is 1.83 bits per heavy atom. The van der Waals surface area contributed by atoms with Gasteiger partial charge in [-0.05, 0) is 44.0 Å². The molecule has 102 valence electrons. The molecule has 1 N–H and O–H groups in total. The first-order chi connectivity index (χ1) is 8.58. The van der Waals surface area contributed by atoms with Crippen LogP contribution in [0.4, 0.5) is 0 Å². The lowest BCUT2D eigenvalue weighted by Gasteiger charge is -2.16. The van der Waals surface area contributed by atoms with E-state index in [1.807, 2.05) is 6.92 Å². The quantitative estimate of drug-likeness (QED) is 0.808. The van der Waals surface area contributed by atoms with Gasteiger partial charge in [0, 0.05) is 13.7 Å². The van der Waals surface area contributed by atoms with E-state index >= 15 is 0 Å². The number of methoxy groups -OCH3 is 1. The van der Waals surface area contributed by atoms with E-state index in [2.05, 4.69) is 38.2 Å². The first-order valence-electron chi connectivity index (χ1n) is 6.54. The van der Waals surface area contributed by atoms with Gasteiger partial charge in [0.2, 0.25) is 0 Å². The maximum absolute atomic E-state index is 5.83. The molecule has 0 aliphatic heterocycles. The minimum atomic E-state index is 0.116. The Balaban J connectivity index is 2.74. The molecule has 3 nitrogen and oxygen atoms in total. The number of hydrogen-bond acceptors (Lipinski definition) is 3. The summed E-state index contributed by atoms with van der Waals surface area (Å²) < 4.78 is 11.0. The molecule has 1 rings (SSSR count). The van der Waals surface area contributed by atoms with Gasteiger partial charge in [-0.25, -0.2) is 0 Å². The Bertz CT molecular complexity index is 354. The average molecular weight is 251 g/mol. The van der Waals surface area contributed by atoms with Crippen molar-refractivity contribution in [1.29, 1.82) is 0 Å². The Kier molecular flexibility index (Phi) is 6.16. The summed E-state index contributed by atoms with van der Waals surface area (Å²) in [6.45, 7) is 10.8. The van der Waals surface area contributed by atoms with E-state index < -0.39 is 0 Å². The fraction of sp³-hybridized carbons (Fsp3) is 0.600. The first kappa shape index (κ1) is 15.0. The molecule has 0 saturated heterocycles. The zero-order chi connectivity index (χ0) is 13.5. The largest absolute Gasteiger partial charge is 0.490 e. The van der Waals surface area contributed by atoms with Crippen molar-refractivity contribution >= 4 is 0 Å². The van der Waals surface area contributed by atoms with Crippen molar-refractivity contribution in [3.63, 3.8) is 0 Å². The molecule has 1 unspecified atom stereocenters. The topological polar surface area (TPSA) is 30.5 Å². The molecule has 0 saturated carbocycles.